The van der Waals surface area contributed by atoms with E-state index in [1.165, 1.54) is 0 Å². The molecule has 8 heteroatoms. The number of ether oxygens (including phenoxy) is 1. The first-order valence-corrected chi connectivity index (χ1v) is 10.7. The van der Waals surface area contributed by atoms with Gasteiger partial charge >= 0.3 is 0 Å². The molecule has 1 amide bonds. The van der Waals surface area contributed by atoms with Crippen LogP contribution in [0.2, 0.25) is 0 Å². The predicted molar refractivity (Wildman–Crippen MR) is 119 cm³/mol. The molecule has 164 valence electrons. The number of nitroso groups, excluding NO2 is 1. The molecule has 1 saturated carbocycles. The van der Waals surface area contributed by atoms with Crippen LogP contribution in [0, 0.1) is 4.91 Å². The third-order valence-corrected chi connectivity index (χ3v) is 6.58. The summed E-state index contributed by atoms with van der Waals surface area (Å²) in [6.07, 6.45) is 2.57. The molecule has 2 aromatic carbocycles. The van der Waals surface area contributed by atoms with Gasteiger partial charge in [-0.2, -0.15) is 10.0 Å². The number of anilines is 1. The van der Waals surface area contributed by atoms with Crippen molar-refractivity contribution in [3.05, 3.63) is 76.0 Å². The van der Waals surface area contributed by atoms with E-state index in [9.17, 15) is 14.8 Å². The minimum atomic E-state index is -0.164. The Morgan fingerprint density at radius 3 is 2.38 bits per heavy atom. The molecule has 1 fully saturated rings. The van der Waals surface area contributed by atoms with E-state index in [1.54, 1.807) is 28.8 Å². The van der Waals surface area contributed by atoms with Gasteiger partial charge in [0.25, 0.3) is 5.91 Å². The van der Waals surface area contributed by atoms with Gasteiger partial charge in [-0.05, 0) is 61.2 Å². The Morgan fingerprint density at radius 2 is 1.78 bits per heavy atom. The number of fused-ring (bicyclic) bond motifs is 1. The van der Waals surface area contributed by atoms with Crippen molar-refractivity contribution in [1.82, 2.24) is 9.78 Å². The molecule has 1 aromatic heterocycles. The molecule has 1 N–H and O–H groups in total. The molecule has 0 saturated heterocycles. The van der Waals surface area contributed by atoms with Crippen LogP contribution < -0.4 is 9.64 Å². The zero-order chi connectivity index (χ0) is 22.3. The summed E-state index contributed by atoms with van der Waals surface area (Å²) in [4.78, 5) is 26.3. The fourth-order valence-corrected chi connectivity index (χ4v) is 4.46. The number of hydrogen-bond donors (Lipinski definition) is 1. The van der Waals surface area contributed by atoms with E-state index in [2.05, 4.69) is 10.3 Å². The lowest BCUT2D eigenvalue weighted by atomic mass is 9.96. The number of aromatic nitrogens is 2. The number of carbonyl (C=O) groups excluding carboxylic acids is 1. The van der Waals surface area contributed by atoms with Crippen LogP contribution in [-0.2, 0) is 18.4 Å². The number of methoxy groups -OCH3 is 1. The van der Waals surface area contributed by atoms with Gasteiger partial charge < -0.3 is 14.7 Å². The highest BCUT2D eigenvalue weighted by Crippen LogP contribution is 2.48. The predicted octanol–water partition coefficient (Wildman–Crippen LogP) is 3.37. The number of rotatable bonds is 7. The van der Waals surface area contributed by atoms with Crippen molar-refractivity contribution in [2.45, 2.75) is 31.2 Å². The van der Waals surface area contributed by atoms with Crippen molar-refractivity contribution in [1.29, 1.82) is 0 Å². The summed E-state index contributed by atoms with van der Waals surface area (Å²) < 4.78 is 6.83. The first-order chi connectivity index (χ1) is 15.6. The number of aliphatic hydroxyl groups is 1. The number of aliphatic hydroxyl groups excluding tert-OH is 1. The summed E-state index contributed by atoms with van der Waals surface area (Å²) in [7, 11) is 1.59. The van der Waals surface area contributed by atoms with Gasteiger partial charge in [-0.1, -0.05) is 17.3 Å². The lowest BCUT2D eigenvalue weighted by molar-refractivity contribution is 0.0973. The minimum absolute atomic E-state index is 0.0727. The molecule has 0 unspecified atom stereocenters. The normalized spacial score (nSPS) is 16.6. The number of nitrogens with zero attached hydrogens (tertiary/aromatic N) is 4. The van der Waals surface area contributed by atoms with Crippen molar-refractivity contribution in [2.75, 3.05) is 25.2 Å². The zero-order valence-corrected chi connectivity index (χ0v) is 17.8. The van der Waals surface area contributed by atoms with Crippen LogP contribution in [0.4, 0.5) is 5.69 Å². The van der Waals surface area contributed by atoms with Crippen molar-refractivity contribution >= 4 is 11.6 Å². The highest BCUT2D eigenvalue weighted by atomic mass is 16.5. The molecule has 32 heavy (non-hydrogen) atoms. The van der Waals surface area contributed by atoms with Gasteiger partial charge in [0.15, 0.2) is 0 Å². The Balaban J connectivity index is 1.51. The van der Waals surface area contributed by atoms with Crippen LogP contribution in [0.1, 0.15) is 40.2 Å². The summed E-state index contributed by atoms with van der Waals surface area (Å²) in [6.45, 7) is 0.570. The second-order valence-electron chi connectivity index (χ2n) is 8.36. The van der Waals surface area contributed by atoms with Crippen LogP contribution in [0.15, 0.2) is 53.7 Å². The Morgan fingerprint density at radius 1 is 1.09 bits per heavy atom. The van der Waals surface area contributed by atoms with Gasteiger partial charge in [-0.3, -0.25) is 4.79 Å². The van der Waals surface area contributed by atoms with E-state index in [0.29, 0.717) is 35.8 Å². The van der Waals surface area contributed by atoms with E-state index in [0.717, 1.165) is 29.7 Å². The van der Waals surface area contributed by atoms with Crippen LogP contribution in [0.5, 0.6) is 5.75 Å². The SMILES string of the molecule is COc1ccc(-n2nc(CN=O)c3c2C(=O)N(c2ccc(C4(CO)CC4)cc2)CC3)cc1. The van der Waals surface area contributed by atoms with Crippen molar-refractivity contribution in [3.63, 3.8) is 0 Å². The molecule has 1 aliphatic carbocycles. The maximum atomic E-state index is 13.6. The largest absolute Gasteiger partial charge is 0.497 e. The molecule has 3 aromatic rings. The van der Waals surface area contributed by atoms with Crippen molar-refractivity contribution in [3.8, 4) is 11.4 Å². The first kappa shape index (κ1) is 20.4. The summed E-state index contributed by atoms with van der Waals surface area (Å²) in [5, 5.41) is 17.2. The lowest BCUT2D eigenvalue weighted by Gasteiger charge is -2.28. The molecular formula is C24H24N4O4. The highest BCUT2D eigenvalue weighted by Gasteiger charge is 2.43. The monoisotopic (exact) mass is 432 g/mol. The topological polar surface area (TPSA) is 97.0 Å². The highest BCUT2D eigenvalue weighted by molar-refractivity contribution is 6.07. The average Bonchev–Trinajstić information content (AvgIpc) is 3.55. The second-order valence-corrected chi connectivity index (χ2v) is 8.36. The third kappa shape index (κ3) is 3.27. The van der Waals surface area contributed by atoms with Gasteiger partial charge in [0.05, 0.1) is 25.1 Å². The molecule has 0 bridgehead atoms. The van der Waals surface area contributed by atoms with Gasteiger partial charge in [-0.15, -0.1) is 0 Å². The quantitative estimate of drug-likeness (QED) is 0.578. The average molecular weight is 432 g/mol. The smallest absolute Gasteiger partial charge is 0.277 e. The van der Waals surface area contributed by atoms with Crippen LogP contribution >= 0.6 is 0 Å². The summed E-state index contributed by atoms with van der Waals surface area (Å²) >= 11 is 0. The molecule has 2 heterocycles. The number of benzene rings is 2. The fraction of sp³-hybridized carbons (Fsp3) is 0.333. The Kier molecular flexibility index (Phi) is 5.01. The third-order valence-electron chi connectivity index (χ3n) is 6.58. The summed E-state index contributed by atoms with van der Waals surface area (Å²) in [5.74, 6) is 0.539. The summed E-state index contributed by atoms with van der Waals surface area (Å²) in [6, 6.07) is 15.2. The Bertz CT molecular complexity index is 1160. The molecule has 0 spiro atoms. The van der Waals surface area contributed by atoms with E-state index < -0.39 is 0 Å². The van der Waals surface area contributed by atoms with Crippen LogP contribution in [0.25, 0.3) is 5.69 Å². The zero-order valence-electron chi connectivity index (χ0n) is 17.8. The van der Waals surface area contributed by atoms with Crippen molar-refractivity contribution in [2.24, 2.45) is 5.18 Å². The number of carbonyl (C=O) groups is 1. The minimum Gasteiger partial charge on any atom is -0.497 e. The number of amides is 1. The van der Waals surface area contributed by atoms with Gasteiger partial charge in [0.2, 0.25) is 0 Å². The number of hydrogen-bond acceptors (Lipinski definition) is 6. The van der Waals surface area contributed by atoms with Gasteiger partial charge in [0, 0.05) is 23.2 Å². The molecule has 2 aliphatic rings. The summed E-state index contributed by atoms with van der Waals surface area (Å²) in [5.41, 5.74) is 4.28. The molecular weight excluding hydrogens is 408 g/mol. The fourth-order valence-electron chi connectivity index (χ4n) is 4.46. The van der Waals surface area contributed by atoms with Crippen molar-refractivity contribution < 1.29 is 14.6 Å². The maximum Gasteiger partial charge on any atom is 0.277 e. The molecule has 5 rings (SSSR count). The Labute approximate surface area is 185 Å². The van der Waals surface area contributed by atoms with Gasteiger partial charge in [-0.25, -0.2) is 4.68 Å². The lowest BCUT2D eigenvalue weighted by Crippen LogP contribution is -2.38. The standard InChI is InChI=1S/C24H24N4O4/c1-32-19-8-6-18(7-9-19)28-22-20(21(26-28)14-25-31)10-13-27(23(22)30)17-4-2-16(3-5-17)24(15-29)11-12-24/h2-9,29H,10-15H2,1H3. The van der Waals surface area contributed by atoms with E-state index in [-0.39, 0.29) is 24.5 Å². The first-order valence-electron chi connectivity index (χ1n) is 10.7. The maximum absolute atomic E-state index is 13.6. The molecule has 8 nitrogen and oxygen atoms in total. The van der Waals surface area contributed by atoms with Gasteiger partial charge in [0.1, 0.15) is 18.0 Å². The van der Waals surface area contributed by atoms with E-state index in [4.69, 9.17) is 4.74 Å². The molecule has 0 radical (unpaired) electrons. The molecule has 1 aliphatic heterocycles. The van der Waals surface area contributed by atoms with Crippen LogP contribution in [-0.4, -0.2) is 41.1 Å². The molecule has 0 atom stereocenters. The second kappa shape index (κ2) is 7.87. The van der Waals surface area contributed by atoms with Crippen LogP contribution in [0.3, 0.4) is 0 Å². The van der Waals surface area contributed by atoms with E-state index >= 15 is 0 Å². The Hall–Kier alpha value is -3.52. The van der Waals surface area contributed by atoms with E-state index in [1.807, 2.05) is 36.4 Å².